The van der Waals surface area contributed by atoms with Crippen LogP contribution in [-0.2, 0) is 4.74 Å². The van der Waals surface area contributed by atoms with Gasteiger partial charge in [-0.2, -0.15) is 0 Å². The van der Waals surface area contributed by atoms with E-state index >= 15 is 0 Å². The van der Waals surface area contributed by atoms with Gasteiger partial charge in [-0.15, -0.1) is 0 Å². The molecule has 0 aliphatic heterocycles. The molecule has 0 heterocycles. The van der Waals surface area contributed by atoms with Crippen molar-refractivity contribution in [1.82, 2.24) is 0 Å². The van der Waals surface area contributed by atoms with E-state index in [9.17, 15) is 0 Å². The van der Waals surface area contributed by atoms with Crippen molar-refractivity contribution < 1.29 is 4.74 Å². The zero-order valence-electron chi connectivity index (χ0n) is 7.50. The Morgan fingerprint density at radius 1 is 1.55 bits per heavy atom. The summed E-state index contributed by atoms with van der Waals surface area (Å²) in [5.74, 6) is 2.33. The molecule has 11 heavy (non-hydrogen) atoms. The van der Waals surface area contributed by atoms with Gasteiger partial charge in [0.15, 0.2) is 0 Å². The van der Waals surface area contributed by atoms with Crippen LogP contribution in [0.3, 0.4) is 0 Å². The minimum atomic E-state index is 0.625. The standard InChI is InChI=1S/C10H16O/c1-4-9-5-6-10(11-3)7-8(9)2/h5-9H,4H2,1-3H3. The van der Waals surface area contributed by atoms with E-state index in [4.69, 9.17) is 4.74 Å². The highest BCUT2D eigenvalue weighted by Crippen LogP contribution is 2.24. The van der Waals surface area contributed by atoms with Gasteiger partial charge in [0, 0.05) is 0 Å². The number of ether oxygens (including phenoxy) is 1. The van der Waals surface area contributed by atoms with Crippen LogP contribution in [0, 0.1) is 11.8 Å². The Labute approximate surface area is 68.8 Å². The number of hydrogen-bond acceptors (Lipinski definition) is 1. The van der Waals surface area contributed by atoms with Crippen molar-refractivity contribution in [3.05, 3.63) is 24.0 Å². The third-order valence-corrected chi connectivity index (χ3v) is 2.32. The maximum Gasteiger partial charge on any atom is 0.114 e. The fourth-order valence-electron chi connectivity index (χ4n) is 1.48. The summed E-state index contributed by atoms with van der Waals surface area (Å²) in [5.41, 5.74) is 0. The Morgan fingerprint density at radius 3 is 2.73 bits per heavy atom. The summed E-state index contributed by atoms with van der Waals surface area (Å²) in [5, 5.41) is 0. The van der Waals surface area contributed by atoms with Crippen molar-refractivity contribution in [2.75, 3.05) is 7.11 Å². The zero-order chi connectivity index (χ0) is 8.27. The summed E-state index contributed by atoms with van der Waals surface area (Å²) >= 11 is 0. The van der Waals surface area contributed by atoms with E-state index in [2.05, 4.69) is 32.1 Å². The van der Waals surface area contributed by atoms with Gasteiger partial charge in [-0.1, -0.05) is 19.9 Å². The summed E-state index contributed by atoms with van der Waals surface area (Å²) in [6.07, 6.45) is 7.71. The van der Waals surface area contributed by atoms with Gasteiger partial charge in [-0.05, 0) is 30.4 Å². The average molecular weight is 152 g/mol. The zero-order valence-corrected chi connectivity index (χ0v) is 7.50. The molecule has 1 heteroatoms. The minimum absolute atomic E-state index is 0.625. The highest BCUT2D eigenvalue weighted by atomic mass is 16.5. The van der Waals surface area contributed by atoms with Crippen molar-refractivity contribution in [3.8, 4) is 0 Å². The molecule has 2 atom stereocenters. The lowest BCUT2D eigenvalue weighted by molar-refractivity contribution is 0.294. The smallest absolute Gasteiger partial charge is 0.114 e. The molecule has 62 valence electrons. The maximum absolute atomic E-state index is 5.13. The minimum Gasteiger partial charge on any atom is -0.497 e. The molecular formula is C10H16O. The van der Waals surface area contributed by atoms with Crippen molar-refractivity contribution >= 4 is 0 Å². The molecule has 1 aliphatic carbocycles. The number of methoxy groups -OCH3 is 1. The topological polar surface area (TPSA) is 9.23 Å². The summed E-state index contributed by atoms with van der Waals surface area (Å²) in [4.78, 5) is 0. The van der Waals surface area contributed by atoms with E-state index in [1.54, 1.807) is 7.11 Å². The first-order chi connectivity index (χ1) is 5.27. The SMILES string of the molecule is CCC1C=CC(OC)=CC1C. The van der Waals surface area contributed by atoms with Crippen LogP contribution in [-0.4, -0.2) is 7.11 Å². The molecule has 1 nitrogen and oxygen atoms in total. The van der Waals surface area contributed by atoms with Crippen LogP contribution < -0.4 is 0 Å². The van der Waals surface area contributed by atoms with Gasteiger partial charge < -0.3 is 4.74 Å². The number of rotatable bonds is 2. The van der Waals surface area contributed by atoms with Crippen LogP contribution in [0.1, 0.15) is 20.3 Å². The fraction of sp³-hybridized carbons (Fsp3) is 0.600. The highest BCUT2D eigenvalue weighted by molar-refractivity contribution is 5.19. The predicted molar refractivity (Wildman–Crippen MR) is 47.2 cm³/mol. The highest BCUT2D eigenvalue weighted by Gasteiger charge is 2.14. The summed E-state index contributed by atoms with van der Waals surface area (Å²) < 4.78 is 5.13. The lowest BCUT2D eigenvalue weighted by Gasteiger charge is -2.20. The van der Waals surface area contributed by atoms with Crippen LogP contribution in [0.25, 0.3) is 0 Å². The van der Waals surface area contributed by atoms with Gasteiger partial charge in [0.05, 0.1) is 7.11 Å². The van der Waals surface area contributed by atoms with Crippen molar-refractivity contribution in [2.45, 2.75) is 20.3 Å². The molecule has 0 saturated carbocycles. The molecule has 0 spiro atoms. The molecule has 0 aromatic rings. The first-order valence-electron chi connectivity index (χ1n) is 4.22. The molecule has 1 rings (SSSR count). The van der Waals surface area contributed by atoms with Crippen LogP contribution in [0.4, 0.5) is 0 Å². The Kier molecular flexibility index (Phi) is 2.75. The Hall–Kier alpha value is -0.720. The van der Waals surface area contributed by atoms with E-state index in [1.165, 1.54) is 6.42 Å². The lowest BCUT2D eigenvalue weighted by Crippen LogP contribution is -2.10. The first-order valence-corrected chi connectivity index (χ1v) is 4.22. The summed E-state index contributed by atoms with van der Waals surface area (Å²) in [6, 6.07) is 0. The molecule has 0 aromatic heterocycles. The maximum atomic E-state index is 5.13. The molecule has 0 amide bonds. The molecule has 0 saturated heterocycles. The second kappa shape index (κ2) is 3.61. The average Bonchev–Trinajstić information content (AvgIpc) is 2.04. The first kappa shape index (κ1) is 8.38. The third-order valence-electron chi connectivity index (χ3n) is 2.32. The number of hydrogen-bond donors (Lipinski definition) is 0. The molecule has 1 aliphatic rings. The monoisotopic (exact) mass is 152 g/mol. The summed E-state index contributed by atoms with van der Waals surface area (Å²) in [6.45, 7) is 4.45. The summed E-state index contributed by atoms with van der Waals surface area (Å²) in [7, 11) is 1.72. The Morgan fingerprint density at radius 2 is 2.27 bits per heavy atom. The second-order valence-electron chi connectivity index (χ2n) is 3.06. The van der Waals surface area contributed by atoms with E-state index in [1.807, 2.05) is 0 Å². The van der Waals surface area contributed by atoms with Crippen LogP contribution in [0.5, 0.6) is 0 Å². The van der Waals surface area contributed by atoms with Gasteiger partial charge in [0.25, 0.3) is 0 Å². The molecule has 0 aromatic carbocycles. The van der Waals surface area contributed by atoms with Gasteiger partial charge in [-0.25, -0.2) is 0 Å². The molecule has 0 radical (unpaired) electrons. The van der Waals surface area contributed by atoms with Crippen molar-refractivity contribution in [3.63, 3.8) is 0 Å². The lowest BCUT2D eigenvalue weighted by atomic mass is 9.87. The van der Waals surface area contributed by atoms with E-state index in [0.29, 0.717) is 11.8 Å². The Bertz CT molecular complexity index is 179. The van der Waals surface area contributed by atoms with Crippen molar-refractivity contribution in [2.24, 2.45) is 11.8 Å². The molecule has 0 fully saturated rings. The van der Waals surface area contributed by atoms with E-state index in [0.717, 1.165) is 5.76 Å². The van der Waals surface area contributed by atoms with E-state index in [-0.39, 0.29) is 0 Å². The van der Waals surface area contributed by atoms with Gasteiger partial charge in [0.1, 0.15) is 5.76 Å². The predicted octanol–water partition coefficient (Wildman–Crippen LogP) is 2.75. The number of allylic oxidation sites excluding steroid dienone is 3. The quantitative estimate of drug-likeness (QED) is 0.591. The third kappa shape index (κ3) is 1.86. The molecule has 0 bridgehead atoms. The Balaban J connectivity index is 2.63. The largest absolute Gasteiger partial charge is 0.497 e. The fourth-order valence-corrected chi connectivity index (χ4v) is 1.48. The molecule has 0 N–H and O–H groups in total. The van der Waals surface area contributed by atoms with Crippen molar-refractivity contribution in [1.29, 1.82) is 0 Å². The van der Waals surface area contributed by atoms with Gasteiger partial charge >= 0.3 is 0 Å². The van der Waals surface area contributed by atoms with E-state index < -0.39 is 0 Å². The van der Waals surface area contributed by atoms with Crippen LogP contribution >= 0.6 is 0 Å². The molecular weight excluding hydrogens is 136 g/mol. The second-order valence-corrected chi connectivity index (χ2v) is 3.06. The van der Waals surface area contributed by atoms with Gasteiger partial charge in [0.2, 0.25) is 0 Å². The molecule has 2 unspecified atom stereocenters. The van der Waals surface area contributed by atoms with Crippen LogP contribution in [0.2, 0.25) is 0 Å². The normalized spacial score (nSPS) is 29.9. The van der Waals surface area contributed by atoms with Crippen LogP contribution in [0.15, 0.2) is 24.0 Å². The van der Waals surface area contributed by atoms with Gasteiger partial charge in [-0.3, -0.25) is 0 Å².